The molecule has 0 aliphatic heterocycles. The molecule has 0 N–H and O–H groups in total. The summed E-state index contributed by atoms with van der Waals surface area (Å²) in [5.41, 5.74) is 0.610. The van der Waals surface area contributed by atoms with E-state index in [1.165, 1.54) is 12.1 Å². The minimum Gasteiger partial charge on any atom is -0.466 e. The average Bonchev–Trinajstić information content (AvgIpc) is 2.29. The number of esters is 1. The molecule has 0 amide bonds. The number of halogens is 1. The van der Waals surface area contributed by atoms with Crippen molar-refractivity contribution < 1.29 is 13.9 Å². The van der Waals surface area contributed by atoms with Crippen molar-refractivity contribution in [2.45, 2.75) is 13.3 Å². The van der Waals surface area contributed by atoms with Gasteiger partial charge in [-0.25, -0.2) is 4.39 Å². The third kappa shape index (κ3) is 4.07. The minimum atomic E-state index is -0.564. The summed E-state index contributed by atoms with van der Waals surface area (Å²) in [6, 6.07) is 6.01. The van der Waals surface area contributed by atoms with Crippen LogP contribution in [0.15, 0.2) is 24.3 Å². The van der Waals surface area contributed by atoms with Crippen molar-refractivity contribution in [2.75, 3.05) is 6.61 Å². The molecule has 0 saturated carbocycles. The Kier molecular flexibility index (Phi) is 4.89. The van der Waals surface area contributed by atoms with Gasteiger partial charge in [0.2, 0.25) is 0 Å². The number of rotatable bonds is 4. The quantitative estimate of drug-likeness (QED) is 0.751. The highest BCUT2D eigenvalue weighted by Gasteiger charge is 2.01. The van der Waals surface area contributed by atoms with E-state index in [-0.39, 0.29) is 18.0 Å². The van der Waals surface area contributed by atoms with Crippen LogP contribution >= 0.6 is 0 Å². The highest BCUT2D eigenvalue weighted by Crippen LogP contribution is 2.11. The van der Waals surface area contributed by atoms with Crippen molar-refractivity contribution in [3.63, 3.8) is 0 Å². The Balaban J connectivity index is 2.64. The molecule has 0 heterocycles. The molecule has 0 saturated heterocycles. The first kappa shape index (κ1) is 12.9. The summed E-state index contributed by atoms with van der Waals surface area (Å²) >= 11 is 0. The van der Waals surface area contributed by atoms with E-state index in [9.17, 15) is 9.18 Å². The van der Waals surface area contributed by atoms with Gasteiger partial charge in [-0.05, 0) is 24.6 Å². The highest BCUT2D eigenvalue weighted by molar-refractivity contribution is 5.72. The largest absolute Gasteiger partial charge is 0.466 e. The van der Waals surface area contributed by atoms with Gasteiger partial charge in [0, 0.05) is 0 Å². The first-order valence-corrected chi connectivity index (χ1v) is 5.19. The zero-order valence-electron chi connectivity index (χ0n) is 9.44. The Labute approximate surface area is 99.1 Å². The Morgan fingerprint density at radius 3 is 2.94 bits per heavy atom. The zero-order chi connectivity index (χ0) is 12.7. The third-order valence-electron chi connectivity index (χ3n) is 2.01. The average molecular weight is 233 g/mol. The van der Waals surface area contributed by atoms with E-state index in [1.807, 2.05) is 0 Å². The molecule has 0 unspecified atom stereocenters. The fourth-order valence-corrected chi connectivity index (χ4v) is 1.24. The normalized spacial score (nSPS) is 10.2. The van der Waals surface area contributed by atoms with Crippen molar-refractivity contribution in [2.24, 2.45) is 0 Å². The van der Waals surface area contributed by atoms with Gasteiger partial charge in [0.15, 0.2) is 0 Å². The minimum absolute atomic E-state index is 0.00698. The van der Waals surface area contributed by atoms with E-state index in [0.29, 0.717) is 12.2 Å². The number of nitrogens with zero attached hydrogens (tertiary/aromatic N) is 1. The highest BCUT2D eigenvalue weighted by atomic mass is 19.1. The van der Waals surface area contributed by atoms with Gasteiger partial charge in [-0.1, -0.05) is 18.2 Å². The molecule has 17 heavy (non-hydrogen) atoms. The van der Waals surface area contributed by atoms with E-state index in [0.717, 1.165) is 0 Å². The second kappa shape index (κ2) is 6.44. The lowest BCUT2D eigenvalue weighted by atomic mass is 10.1. The molecular weight excluding hydrogens is 221 g/mol. The smallest absolute Gasteiger partial charge is 0.309 e. The molecule has 1 aromatic carbocycles. The molecule has 0 aliphatic rings. The van der Waals surface area contributed by atoms with Crippen LogP contribution < -0.4 is 0 Å². The van der Waals surface area contributed by atoms with Gasteiger partial charge >= 0.3 is 5.97 Å². The first-order chi connectivity index (χ1) is 8.17. The van der Waals surface area contributed by atoms with Crippen molar-refractivity contribution in [1.29, 1.82) is 5.26 Å². The molecule has 88 valence electrons. The molecule has 1 aromatic rings. The number of carbonyl (C=O) groups excluding carboxylic acids is 1. The second-order valence-corrected chi connectivity index (χ2v) is 3.26. The summed E-state index contributed by atoms with van der Waals surface area (Å²) in [5, 5.41) is 8.55. The molecule has 3 nitrogen and oxygen atoms in total. The van der Waals surface area contributed by atoms with Crippen molar-refractivity contribution >= 4 is 12.0 Å². The maximum Gasteiger partial charge on any atom is 0.309 e. The summed E-state index contributed by atoms with van der Waals surface area (Å²) in [5.74, 6) is -0.886. The number of carbonyl (C=O) groups is 1. The van der Waals surface area contributed by atoms with Crippen molar-refractivity contribution in [3.05, 3.63) is 41.2 Å². The maximum atomic E-state index is 13.2. The van der Waals surface area contributed by atoms with Crippen LogP contribution in [0.2, 0.25) is 0 Å². The Morgan fingerprint density at radius 2 is 2.35 bits per heavy atom. The molecule has 4 heteroatoms. The van der Waals surface area contributed by atoms with Gasteiger partial charge in [0.05, 0.1) is 18.6 Å². The number of ether oxygens (including phenoxy) is 1. The molecule has 0 bridgehead atoms. The van der Waals surface area contributed by atoms with E-state index >= 15 is 0 Å². The Morgan fingerprint density at radius 1 is 1.59 bits per heavy atom. The van der Waals surface area contributed by atoms with Crippen LogP contribution in [0.5, 0.6) is 0 Å². The van der Waals surface area contributed by atoms with E-state index in [2.05, 4.69) is 0 Å². The van der Waals surface area contributed by atoms with Crippen LogP contribution in [-0.2, 0) is 9.53 Å². The number of hydrogen-bond acceptors (Lipinski definition) is 3. The molecule has 0 atom stereocenters. The Hall–Kier alpha value is -2.15. The monoisotopic (exact) mass is 233 g/mol. The van der Waals surface area contributed by atoms with Crippen LogP contribution in [0.4, 0.5) is 4.39 Å². The molecule has 0 aromatic heterocycles. The molecule has 0 radical (unpaired) electrons. The van der Waals surface area contributed by atoms with Crippen LogP contribution in [0.3, 0.4) is 0 Å². The van der Waals surface area contributed by atoms with Crippen molar-refractivity contribution in [1.82, 2.24) is 0 Å². The summed E-state index contributed by atoms with van der Waals surface area (Å²) in [6.07, 6.45) is 3.36. The zero-order valence-corrected chi connectivity index (χ0v) is 9.44. The molecule has 0 spiro atoms. The van der Waals surface area contributed by atoms with Gasteiger partial charge in [-0.15, -0.1) is 0 Å². The van der Waals surface area contributed by atoms with E-state index in [1.54, 1.807) is 31.2 Å². The standard InChI is InChI=1S/C13H12FNO2/c1-2-17-13(16)5-3-4-10-6-7-11(9-15)12(14)8-10/h3-4,6-8H,2,5H2,1H3. The number of nitriles is 1. The fraction of sp³-hybridized carbons (Fsp3) is 0.231. The topological polar surface area (TPSA) is 50.1 Å². The van der Waals surface area contributed by atoms with Crippen LogP contribution in [-0.4, -0.2) is 12.6 Å². The number of benzene rings is 1. The van der Waals surface area contributed by atoms with Gasteiger partial charge in [-0.3, -0.25) is 4.79 Å². The fourth-order valence-electron chi connectivity index (χ4n) is 1.24. The second-order valence-electron chi connectivity index (χ2n) is 3.26. The lowest BCUT2D eigenvalue weighted by Crippen LogP contribution is -2.01. The Bertz CT molecular complexity index is 475. The van der Waals surface area contributed by atoms with Gasteiger partial charge < -0.3 is 4.74 Å². The van der Waals surface area contributed by atoms with Gasteiger partial charge in [0.25, 0.3) is 0 Å². The van der Waals surface area contributed by atoms with Gasteiger partial charge in [-0.2, -0.15) is 5.26 Å². The lowest BCUT2D eigenvalue weighted by Gasteiger charge is -1.98. The van der Waals surface area contributed by atoms with Crippen LogP contribution in [0.1, 0.15) is 24.5 Å². The van der Waals surface area contributed by atoms with E-state index < -0.39 is 5.82 Å². The third-order valence-corrected chi connectivity index (χ3v) is 2.01. The predicted octanol–water partition coefficient (Wildman–Crippen LogP) is 2.66. The lowest BCUT2D eigenvalue weighted by molar-refractivity contribution is -0.142. The van der Waals surface area contributed by atoms with Crippen LogP contribution in [0, 0.1) is 17.1 Å². The summed E-state index contributed by atoms with van der Waals surface area (Å²) in [7, 11) is 0. The summed E-state index contributed by atoms with van der Waals surface area (Å²) < 4.78 is 17.9. The number of hydrogen-bond donors (Lipinski definition) is 0. The van der Waals surface area contributed by atoms with Crippen molar-refractivity contribution in [3.8, 4) is 6.07 Å². The maximum absolute atomic E-state index is 13.2. The van der Waals surface area contributed by atoms with E-state index in [4.69, 9.17) is 10.00 Å². The molecule has 0 fully saturated rings. The predicted molar refractivity (Wildman–Crippen MR) is 61.4 cm³/mol. The SMILES string of the molecule is CCOC(=O)CC=Cc1ccc(C#N)c(F)c1. The molecular formula is C13H12FNO2. The summed E-state index contributed by atoms with van der Waals surface area (Å²) in [6.45, 7) is 2.08. The molecule has 1 rings (SSSR count). The first-order valence-electron chi connectivity index (χ1n) is 5.19. The van der Waals surface area contributed by atoms with Crippen LogP contribution in [0.25, 0.3) is 6.08 Å². The van der Waals surface area contributed by atoms with Gasteiger partial charge in [0.1, 0.15) is 11.9 Å². The summed E-state index contributed by atoms with van der Waals surface area (Å²) in [4.78, 5) is 11.0. The molecule has 0 aliphatic carbocycles.